The van der Waals surface area contributed by atoms with Gasteiger partial charge in [0.2, 0.25) is 0 Å². The van der Waals surface area contributed by atoms with E-state index in [9.17, 15) is 0 Å². The molecule has 1 atom stereocenters. The fourth-order valence-corrected chi connectivity index (χ4v) is 3.22. The van der Waals surface area contributed by atoms with Gasteiger partial charge >= 0.3 is 0 Å². The van der Waals surface area contributed by atoms with E-state index in [1.807, 2.05) is 0 Å². The molecule has 1 unspecified atom stereocenters. The Morgan fingerprint density at radius 1 is 1.22 bits per heavy atom. The Morgan fingerprint density at radius 3 is 2.50 bits per heavy atom. The van der Waals surface area contributed by atoms with E-state index in [0.717, 1.165) is 18.8 Å². The van der Waals surface area contributed by atoms with Crippen LogP contribution < -0.4 is 11.3 Å². The lowest BCUT2D eigenvalue weighted by molar-refractivity contribution is 0.128. The normalized spacial score (nSPS) is 22.8. The molecule has 3 nitrogen and oxygen atoms in total. The van der Waals surface area contributed by atoms with Gasteiger partial charge in [-0.3, -0.25) is 5.84 Å². The lowest BCUT2D eigenvalue weighted by Crippen LogP contribution is -2.56. The highest BCUT2D eigenvalue weighted by Gasteiger charge is 2.47. The van der Waals surface area contributed by atoms with Crippen LogP contribution in [0, 0.1) is 0 Å². The average Bonchev–Trinajstić information content (AvgIpc) is 2.88. The predicted molar refractivity (Wildman–Crippen MR) is 71.7 cm³/mol. The molecule has 0 radical (unpaired) electrons. The van der Waals surface area contributed by atoms with Gasteiger partial charge in [0.15, 0.2) is 0 Å². The van der Waals surface area contributed by atoms with E-state index in [0.29, 0.717) is 0 Å². The summed E-state index contributed by atoms with van der Waals surface area (Å²) < 4.78 is 5.73. The molecule has 0 aromatic heterocycles. The third-order valence-corrected chi connectivity index (χ3v) is 4.33. The minimum atomic E-state index is 0.108. The van der Waals surface area contributed by atoms with E-state index in [2.05, 4.69) is 41.8 Å². The van der Waals surface area contributed by atoms with Gasteiger partial charge in [0.05, 0.1) is 12.6 Å². The molecular formula is C15H20N2O. The minimum absolute atomic E-state index is 0.108. The van der Waals surface area contributed by atoms with Crippen LogP contribution in [0.15, 0.2) is 42.2 Å². The maximum atomic E-state index is 5.81. The molecule has 0 saturated heterocycles. The largest absolute Gasteiger partial charge is 0.496 e. The first-order valence-electron chi connectivity index (χ1n) is 6.71. The summed E-state index contributed by atoms with van der Waals surface area (Å²) in [4.78, 5) is 0. The van der Waals surface area contributed by atoms with Crippen molar-refractivity contribution in [2.75, 3.05) is 6.61 Å². The van der Waals surface area contributed by atoms with Gasteiger partial charge in [-0.25, -0.2) is 5.43 Å². The molecule has 0 amide bonds. The fourth-order valence-electron chi connectivity index (χ4n) is 3.22. The second-order valence-electron chi connectivity index (χ2n) is 5.22. The first-order chi connectivity index (χ1) is 8.87. The number of nitrogens with one attached hydrogen (secondary N) is 1. The standard InChI is InChI=1S/C15H20N2O/c16-17-14(13-8-4-11-18-13)15(9-5-10-15)12-6-2-1-3-7-12/h1-3,6-8,14,17H,4-5,9-11,16H2. The van der Waals surface area contributed by atoms with Gasteiger partial charge in [-0.1, -0.05) is 36.8 Å². The highest BCUT2D eigenvalue weighted by molar-refractivity contribution is 5.34. The maximum Gasteiger partial charge on any atom is 0.111 e. The Bertz CT molecular complexity index is 437. The molecule has 1 heterocycles. The first kappa shape index (κ1) is 11.8. The molecule has 1 aliphatic carbocycles. The van der Waals surface area contributed by atoms with Crippen molar-refractivity contribution in [3.8, 4) is 0 Å². The molecule has 0 spiro atoms. The summed E-state index contributed by atoms with van der Waals surface area (Å²) in [5, 5.41) is 0. The van der Waals surface area contributed by atoms with Crippen molar-refractivity contribution in [2.45, 2.75) is 37.1 Å². The van der Waals surface area contributed by atoms with Crippen molar-refractivity contribution in [3.63, 3.8) is 0 Å². The topological polar surface area (TPSA) is 47.3 Å². The summed E-state index contributed by atoms with van der Waals surface area (Å²) in [6.07, 6.45) is 6.78. The number of hydrogen-bond donors (Lipinski definition) is 2. The molecule has 96 valence electrons. The number of hydrazine groups is 1. The van der Waals surface area contributed by atoms with E-state index < -0.39 is 0 Å². The quantitative estimate of drug-likeness (QED) is 0.631. The first-order valence-corrected chi connectivity index (χ1v) is 6.71. The SMILES string of the molecule is NNC(C1=CCCO1)C1(c2ccccc2)CCC1. The van der Waals surface area contributed by atoms with E-state index in [1.54, 1.807) is 0 Å². The Morgan fingerprint density at radius 2 is 2.00 bits per heavy atom. The van der Waals surface area contributed by atoms with E-state index in [1.165, 1.54) is 24.8 Å². The number of rotatable bonds is 4. The molecule has 1 fully saturated rings. The van der Waals surface area contributed by atoms with E-state index >= 15 is 0 Å². The predicted octanol–water partition coefficient (Wildman–Crippen LogP) is 2.24. The average molecular weight is 244 g/mol. The molecule has 3 N–H and O–H groups in total. The molecular weight excluding hydrogens is 224 g/mol. The molecule has 3 heteroatoms. The van der Waals surface area contributed by atoms with E-state index in [4.69, 9.17) is 10.6 Å². The zero-order chi connectivity index (χ0) is 12.4. The van der Waals surface area contributed by atoms with Crippen molar-refractivity contribution in [3.05, 3.63) is 47.7 Å². The van der Waals surface area contributed by atoms with Crippen LogP contribution in [-0.4, -0.2) is 12.6 Å². The lowest BCUT2D eigenvalue weighted by atomic mass is 9.60. The third-order valence-electron chi connectivity index (χ3n) is 4.33. The molecule has 3 rings (SSSR count). The van der Waals surface area contributed by atoms with E-state index in [-0.39, 0.29) is 11.5 Å². The van der Waals surface area contributed by atoms with Gasteiger partial charge in [-0.2, -0.15) is 0 Å². The highest BCUT2D eigenvalue weighted by atomic mass is 16.5. The molecule has 18 heavy (non-hydrogen) atoms. The van der Waals surface area contributed by atoms with Crippen LogP contribution in [0.25, 0.3) is 0 Å². The summed E-state index contributed by atoms with van der Waals surface area (Å²) in [6.45, 7) is 0.790. The van der Waals surface area contributed by atoms with Crippen LogP contribution in [0.1, 0.15) is 31.2 Å². The van der Waals surface area contributed by atoms with Gasteiger partial charge in [-0.05, 0) is 24.5 Å². The fraction of sp³-hybridized carbons (Fsp3) is 0.467. The van der Waals surface area contributed by atoms with Crippen LogP contribution in [0.4, 0.5) is 0 Å². The number of benzene rings is 1. The zero-order valence-electron chi connectivity index (χ0n) is 10.6. The van der Waals surface area contributed by atoms with Crippen LogP contribution in [0.2, 0.25) is 0 Å². The van der Waals surface area contributed by atoms with Crippen LogP contribution in [0.3, 0.4) is 0 Å². The third kappa shape index (κ3) is 1.74. The summed E-state index contributed by atoms with van der Waals surface area (Å²) in [5.74, 6) is 6.84. The van der Waals surface area contributed by atoms with Crippen LogP contribution >= 0.6 is 0 Å². The van der Waals surface area contributed by atoms with Crippen LogP contribution in [-0.2, 0) is 10.2 Å². The smallest absolute Gasteiger partial charge is 0.111 e. The second kappa shape index (κ2) is 4.75. The monoisotopic (exact) mass is 244 g/mol. The zero-order valence-corrected chi connectivity index (χ0v) is 10.6. The Balaban J connectivity index is 1.95. The van der Waals surface area contributed by atoms with Gasteiger partial charge < -0.3 is 4.74 Å². The molecule has 1 aromatic rings. The number of hydrogen-bond acceptors (Lipinski definition) is 3. The number of ether oxygens (including phenoxy) is 1. The second-order valence-corrected chi connectivity index (χ2v) is 5.22. The van der Waals surface area contributed by atoms with Crippen molar-refractivity contribution in [1.82, 2.24) is 5.43 Å². The molecule has 0 bridgehead atoms. The van der Waals surface area contributed by atoms with Crippen molar-refractivity contribution >= 4 is 0 Å². The van der Waals surface area contributed by atoms with Crippen molar-refractivity contribution in [2.24, 2.45) is 5.84 Å². The summed E-state index contributed by atoms with van der Waals surface area (Å²) in [6, 6.07) is 10.8. The molecule has 1 aliphatic heterocycles. The summed E-state index contributed by atoms with van der Waals surface area (Å²) >= 11 is 0. The van der Waals surface area contributed by atoms with Crippen molar-refractivity contribution in [1.29, 1.82) is 0 Å². The maximum absolute atomic E-state index is 5.81. The van der Waals surface area contributed by atoms with Gasteiger partial charge in [-0.15, -0.1) is 0 Å². The molecule has 1 aromatic carbocycles. The summed E-state index contributed by atoms with van der Waals surface area (Å²) in [5.41, 5.74) is 4.48. The highest BCUT2D eigenvalue weighted by Crippen LogP contribution is 2.48. The van der Waals surface area contributed by atoms with Crippen molar-refractivity contribution < 1.29 is 4.74 Å². The summed E-state index contributed by atoms with van der Waals surface area (Å²) in [7, 11) is 0. The minimum Gasteiger partial charge on any atom is -0.496 e. The molecule has 1 saturated carbocycles. The lowest BCUT2D eigenvalue weighted by Gasteiger charge is -2.48. The Labute approximate surface area is 108 Å². The Kier molecular flexibility index (Phi) is 3.10. The van der Waals surface area contributed by atoms with Gasteiger partial charge in [0.1, 0.15) is 5.76 Å². The van der Waals surface area contributed by atoms with Crippen LogP contribution in [0.5, 0.6) is 0 Å². The molecule has 2 aliphatic rings. The van der Waals surface area contributed by atoms with Gasteiger partial charge in [0.25, 0.3) is 0 Å². The number of nitrogens with two attached hydrogens (primary N) is 1. The Hall–Kier alpha value is -1.32. The van der Waals surface area contributed by atoms with Gasteiger partial charge in [0, 0.05) is 11.8 Å².